The maximum absolute atomic E-state index is 14.1. The van der Waals surface area contributed by atoms with Crippen LogP contribution in [0.2, 0.25) is 5.02 Å². The van der Waals surface area contributed by atoms with Crippen molar-refractivity contribution in [3.63, 3.8) is 0 Å². The van der Waals surface area contributed by atoms with Crippen molar-refractivity contribution in [1.29, 1.82) is 0 Å². The van der Waals surface area contributed by atoms with Gasteiger partial charge in [-0.05, 0) is 24.6 Å². The number of pyridine rings is 1. The number of carbonyl (C=O) groups excluding carboxylic acids is 1. The number of rotatable bonds is 7. The SMILES string of the molecule is CCCCOC(=O)Cn1cc(OC)c(-c2cc(Cl)ccc2F)cc1=O. The summed E-state index contributed by atoms with van der Waals surface area (Å²) in [7, 11) is 1.40. The molecule has 25 heavy (non-hydrogen) atoms. The first-order chi connectivity index (χ1) is 12.0. The van der Waals surface area contributed by atoms with Gasteiger partial charge in [-0.15, -0.1) is 0 Å². The van der Waals surface area contributed by atoms with E-state index < -0.39 is 17.3 Å². The molecule has 0 radical (unpaired) electrons. The van der Waals surface area contributed by atoms with Gasteiger partial charge in [0.2, 0.25) is 0 Å². The van der Waals surface area contributed by atoms with Crippen LogP contribution in [0.25, 0.3) is 11.1 Å². The summed E-state index contributed by atoms with van der Waals surface area (Å²) in [5.74, 6) is -0.791. The summed E-state index contributed by atoms with van der Waals surface area (Å²) in [6.45, 7) is 2.06. The first-order valence-corrected chi connectivity index (χ1v) is 8.23. The van der Waals surface area contributed by atoms with Gasteiger partial charge in [0.25, 0.3) is 5.56 Å². The summed E-state index contributed by atoms with van der Waals surface area (Å²) in [6.07, 6.45) is 3.02. The Labute approximate surface area is 149 Å². The zero-order valence-electron chi connectivity index (χ0n) is 14.1. The summed E-state index contributed by atoms with van der Waals surface area (Å²) in [5.41, 5.74) is -0.0511. The van der Waals surface area contributed by atoms with Crippen LogP contribution >= 0.6 is 11.6 Å². The average Bonchev–Trinajstić information content (AvgIpc) is 2.59. The average molecular weight is 368 g/mol. The Morgan fingerprint density at radius 1 is 1.28 bits per heavy atom. The molecule has 0 aliphatic heterocycles. The molecule has 0 atom stereocenters. The van der Waals surface area contributed by atoms with Crippen LogP contribution in [0.1, 0.15) is 19.8 Å². The Morgan fingerprint density at radius 2 is 2.04 bits per heavy atom. The van der Waals surface area contributed by atoms with Gasteiger partial charge in [-0.3, -0.25) is 9.59 Å². The van der Waals surface area contributed by atoms with E-state index in [2.05, 4.69) is 0 Å². The van der Waals surface area contributed by atoms with Crippen LogP contribution in [0, 0.1) is 5.82 Å². The normalized spacial score (nSPS) is 10.6. The number of halogens is 2. The van der Waals surface area contributed by atoms with Crippen LogP contribution in [0.5, 0.6) is 5.75 Å². The lowest BCUT2D eigenvalue weighted by molar-refractivity contribution is -0.144. The standard InChI is InChI=1S/C18H19ClFNO4/c1-3-4-7-25-18(23)11-21-10-16(24-2)14(9-17(21)22)13-8-12(19)5-6-15(13)20/h5-6,8-10H,3-4,7,11H2,1-2H3. The largest absolute Gasteiger partial charge is 0.495 e. The van der Waals surface area contributed by atoms with E-state index in [1.165, 1.54) is 42.1 Å². The number of unbranched alkanes of at least 4 members (excludes halogenated alkanes) is 1. The van der Waals surface area contributed by atoms with Gasteiger partial charge >= 0.3 is 5.97 Å². The second kappa shape index (κ2) is 8.67. The third-order valence-electron chi connectivity index (χ3n) is 3.59. The zero-order valence-corrected chi connectivity index (χ0v) is 14.8. The van der Waals surface area contributed by atoms with Gasteiger partial charge in [0.05, 0.1) is 19.9 Å². The number of hydrogen-bond acceptors (Lipinski definition) is 4. The van der Waals surface area contributed by atoms with Crippen molar-refractivity contribution in [2.45, 2.75) is 26.3 Å². The molecule has 0 amide bonds. The molecule has 0 N–H and O–H groups in total. The van der Waals surface area contributed by atoms with Crippen molar-refractivity contribution in [3.05, 3.63) is 51.7 Å². The van der Waals surface area contributed by atoms with Crippen molar-refractivity contribution in [2.24, 2.45) is 0 Å². The predicted molar refractivity (Wildman–Crippen MR) is 93.5 cm³/mol. The minimum Gasteiger partial charge on any atom is -0.495 e. The third kappa shape index (κ3) is 4.82. The van der Waals surface area contributed by atoms with Crippen molar-refractivity contribution in [2.75, 3.05) is 13.7 Å². The molecule has 2 aromatic rings. The second-order valence-electron chi connectivity index (χ2n) is 5.42. The van der Waals surface area contributed by atoms with Gasteiger partial charge in [-0.1, -0.05) is 24.9 Å². The van der Waals surface area contributed by atoms with Crippen LogP contribution in [0.4, 0.5) is 4.39 Å². The Morgan fingerprint density at radius 3 is 2.72 bits per heavy atom. The molecule has 0 spiro atoms. The predicted octanol–water partition coefficient (Wildman–Crippen LogP) is 3.66. The fourth-order valence-electron chi connectivity index (χ4n) is 2.27. The topological polar surface area (TPSA) is 57.5 Å². The van der Waals surface area contributed by atoms with E-state index in [0.29, 0.717) is 11.6 Å². The lowest BCUT2D eigenvalue weighted by atomic mass is 10.1. The number of benzene rings is 1. The van der Waals surface area contributed by atoms with E-state index in [-0.39, 0.29) is 23.4 Å². The van der Waals surface area contributed by atoms with Gasteiger partial charge in [0.1, 0.15) is 18.1 Å². The summed E-state index contributed by atoms with van der Waals surface area (Å²) in [6, 6.07) is 5.26. The van der Waals surface area contributed by atoms with Crippen molar-refractivity contribution in [1.82, 2.24) is 4.57 Å². The molecule has 0 aliphatic carbocycles. The molecule has 0 unspecified atom stereocenters. The maximum atomic E-state index is 14.1. The Balaban J connectivity index is 2.34. The summed E-state index contributed by atoms with van der Waals surface area (Å²) in [4.78, 5) is 24.1. The lowest BCUT2D eigenvalue weighted by Crippen LogP contribution is -2.25. The fourth-order valence-corrected chi connectivity index (χ4v) is 2.44. The van der Waals surface area contributed by atoms with Gasteiger partial charge in [-0.25, -0.2) is 4.39 Å². The van der Waals surface area contributed by atoms with Crippen molar-refractivity contribution in [3.8, 4) is 16.9 Å². The molecule has 0 bridgehead atoms. The van der Waals surface area contributed by atoms with Gasteiger partial charge in [0, 0.05) is 22.2 Å². The highest BCUT2D eigenvalue weighted by Crippen LogP contribution is 2.32. The van der Waals surface area contributed by atoms with Crippen molar-refractivity contribution < 1.29 is 18.7 Å². The monoisotopic (exact) mass is 367 g/mol. The molecule has 1 heterocycles. The molecule has 1 aromatic carbocycles. The van der Waals surface area contributed by atoms with E-state index >= 15 is 0 Å². The van der Waals surface area contributed by atoms with E-state index in [9.17, 15) is 14.0 Å². The number of carbonyl (C=O) groups is 1. The Bertz CT molecular complexity index is 819. The number of nitrogens with zero attached hydrogens (tertiary/aromatic N) is 1. The zero-order chi connectivity index (χ0) is 18.4. The molecule has 134 valence electrons. The van der Waals surface area contributed by atoms with E-state index in [4.69, 9.17) is 21.1 Å². The minimum atomic E-state index is -0.529. The first-order valence-electron chi connectivity index (χ1n) is 7.85. The third-order valence-corrected chi connectivity index (χ3v) is 3.82. The molecule has 2 rings (SSSR count). The summed E-state index contributed by atoms with van der Waals surface area (Å²) >= 11 is 5.91. The number of ether oxygens (including phenoxy) is 2. The summed E-state index contributed by atoms with van der Waals surface area (Å²) in [5, 5.41) is 0.335. The van der Waals surface area contributed by atoms with Crippen LogP contribution in [0.3, 0.4) is 0 Å². The van der Waals surface area contributed by atoms with Gasteiger partial charge in [-0.2, -0.15) is 0 Å². The maximum Gasteiger partial charge on any atom is 0.326 e. The molecular weight excluding hydrogens is 349 g/mol. The Hall–Kier alpha value is -2.34. The Kier molecular flexibility index (Phi) is 6.58. The molecule has 0 aliphatic rings. The number of esters is 1. The number of methoxy groups -OCH3 is 1. The highest BCUT2D eigenvalue weighted by molar-refractivity contribution is 6.30. The molecule has 7 heteroatoms. The van der Waals surface area contributed by atoms with E-state index in [1.54, 1.807) is 0 Å². The van der Waals surface area contributed by atoms with Crippen LogP contribution < -0.4 is 10.3 Å². The van der Waals surface area contributed by atoms with E-state index in [1.807, 2.05) is 6.92 Å². The van der Waals surface area contributed by atoms with Gasteiger partial charge in [0.15, 0.2) is 0 Å². The summed E-state index contributed by atoms with van der Waals surface area (Å²) < 4.78 is 25.6. The molecular formula is C18H19ClFNO4. The molecule has 1 aromatic heterocycles. The van der Waals surface area contributed by atoms with Gasteiger partial charge < -0.3 is 14.0 Å². The van der Waals surface area contributed by atoms with Crippen LogP contribution in [-0.2, 0) is 16.1 Å². The quantitative estimate of drug-likeness (QED) is 0.553. The lowest BCUT2D eigenvalue weighted by Gasteiger charge is -2.13. The number of hydrogen-bond donors (Lipinski definition) is 0. The highest BCUT2D eigenvalue weighted by atomic mass is 35.5. The first kappa shape index (κ1) is 19.0. The van der Waals surface area contributed by atoms with Crippen LogP contribution in [-0.4, -0.2) is 24.3 Å². The smallest absolute Gasteiger partial charge is 0.326 e. The van der Waals surface area contributed by atoms with Crippen molar-refractivity contribution >= 4 is 17.6 Å². The fraction of sp³-hybridized carbons (Fsp3) is 0.333. The molecule has 0 saturated carbocycles. The molecule has 5 nitrogen and oxygen atoms in total. The molecule has 0 fully saturated rings. The second-order valence-corrected chi connectivity index (χ2v) is 5.86. The molecule has 0 saturated heterocycles. The van der Waals surface area contributed by atoms with E-state index in [0.717, 1.165) is 12.8 Å². The number of aromatic nitrogens is 1. The highest BCUT2D eigenvalue weighted by Gasteiger charge is 2.15. The van der Waals surface area contributed by atoms with Crippen LogP contribution in [0.15, 0.2) is 35.3 Å². The minimum absolute atomic E-state index is 0.152.